The number of ether oxygens (including phenoxy) is 4. The molecule has 3 aromatic heterocycles. The first-order valence-corrected chi connectivity index (χ1v) is 15.9. The molecule has 0 spiro atoms. The van der Waals surface area contributed by atoms with Crippen LogP contribution in [0.2, 0.25) is 0 Å². The topological polar surface area (TPSA) is 159 Å². The molecule has 3 N–H and O–H groups in total. The fraction of sp³-hybridized carbons (Fsp3) is 0.545. The van der Waals surface area contributed by atoms with Crippen molar-refractivity contribution in [3.63, 3.8) is 0 Å². The first kappa shape index (κ1) is 35.1. The van der Waals surface area contributed by atoms with Gasteiger partial charge in [-0.25, -0.2) is 4.79 Å². The van der Waals surface area contributed by atoms with Crippen molar-refractivity contribution in [3.8, 4) is 11.1 Å². The van der Waals surface area contributed by atoms with Crippen LogP contribution in [0.25, 0.3) is 11.1 Å². The Hall–Kier alpha value is -3.75. The molecule has 250 valence electrons. The van der Waals surface area contributed by atoms with Gasteiger partial charge in [0.25, 0.3) is 5.91 Å². The number of hydrogen-bond acceptors (Lipinski definition) is 11. The second-order valence-electron chi connectivity index (χ2n) is 11.1. The van der Waals surface area contributed by atoms with Crippen molar-refractivity contribution in [3.05, 3.63) is 70.3 Å². The van der Waals surface area contributed by atoms with Gasteiger partial charge in [-0.1, -0.05) is 6.92 Å². The van der Waals surface area contributed by atoms with Crippen molar-refractivity contribution >= 4 is 11.7 Å². The molecule has 1 amide bonds. The number of rotatable bonds is 19. The van der Waals surface area contributed by atoms with Gasteiger partial charge in [-0.3, -0.25) is 19.3 Å². The van der Waals surface area contributed by atoms with E-state index in [2.05, 4.69) is 25.6 Å². The molecule has 3 atom stereocenters. The normalized spacial score (nSPS) is 17.7. The lowest BCUT2D eigenvalue weighted by molar-refractivity contribution is -0.0217. The van der Waals surface area contributed by atoms with Crippen LogP contribution in [0.1, 0.15) is 60.3 Å². The van der Waals surface area contributed by atoms with Crippen molar-refractivity contribution in [1.82, 2.24) is 24.8 Å². The highest BCUT2D eigenvalue weighted by Gasteiger charge is 2.34. The molecule has 4 heterocycles. The number of anilines is 1. The lowest BCUT2D eigenvalue weighted by Gasteiger charge is -2.16. The van der Waals surface area contributed by atoms with E-state index in [1.165, 1.54) is 4.57 Å². The van der Waals surface area contributed by atoms with Crippen molar-refractivity contribution in [2.24, 2.45) is 0 Å². The molecule has 46 heavy (non-hydrogen) atoms. The zero-order valence-electron chi connectivity index (χ0n) is 26.9. The van der Waals surface area contributed by atoms with Gasteiger partial charge < -0.3 is 34.7 Å². The Morgan fingerprint density at radius 2 is 1.61 bits per heavy atom. The summed E-state index contributed by atoms with van der Waals surface area (Å²) in [5.41, 5.74) is 3.67. The van der Waals surface area contributed by atoms with Gasteiger partial charge in [0.15, 0.2) is 0 Å². The lowest BCUT2D eigenvalue weighted by atomic mass is 9.99. The Morgan fingerprint density at radius 1 is 0.957 bits per heavy atom. The van der Waals surface area contributed by atoms with E-state index in [-0.39, 0.29) is 12.0 Å². The zero-order valence-corrected chi connectivity index (χ0v) is 26.9. The SMILES string of the molecule is CCC1OC(n2cc(C)c(NCCCOCCOCCOCCCNC(=O)c3ccncc3-c3cnccc3C)nc2=O)CC1O. The minimum Gasteiger partial charge on any atom is -0.390 e. The standard InChI is InChI=1S/C33H46N6O7/c1-4-29-28(40)19-30(46-29)39-22-24(3)31(38-33(39)42)36-9-5-13-43-15-17-45-18-16-44-14-6-10-37-32(41)25-8-12-35-21-27(25)26-20-34-11-7-23(26)2/h7-8,11-12,20-22,28-30,40H,4-6,9-10,13-19H2,1-3H3,(H,37,41)(H,36,38,42). The van der Waals surface area contributed by atoms with E-state index in [4.69, 9.17) is 18.9 Å². The number of carbonyl (C=O) groups is 1. The Morgan fingerprint density at radius 3 is 2.28 bits per heavy atom. The molecule has 1 aliphatic heterocycles. The van der Waals surface area contributed by atoms with E-state index in [1.807, 2.05) is 26.8 Å². The maximum absolute atomic E-state index is 12.8. The van der Waals surface area contributed by atoms with Crippen LogP contribution in [0, 0.1) is 13.8 Å². The summed E-state index contributed by atoms with van der Waals surface area (Å²) in [5, 5.41) is 16.2. The summed E-state index contributed by atoms with van der Waals surface area (Å²) < 4.78 is 24.1. The van der Waals surface area contributed by atoms with Gasteiger partial charge in [-0.2, -0.15) is 4.98 Å². The summed E-state index contributed by atoms with van der Waals surface area (Å²) in [6.07, 6.45) is 9.67. The highest BCUT2D eigenvalue weighted by molar-refractivity contribution is 6.00. The van der Waals surface area contributed by atoms with Gasteiger partial charge >= 0.3 is 5.69 Å². The van der Waals surface area contributed by atoms with Gasteiger partial charge in [-0.15, -0.1) is 0 Å². The number of carbonyl (C=O) groups excluding carboxylic acids is 1. The van der Waals surface area contributed by atoms with Crippen LogP contribution in [0.15, 0.2) is 47.9 Å². The number of aliphatic hydroxyl groups excluding tert-OH is 1. The number of aliphatic hydroxyl groups is 1. The number of amides is 1. The van der Waals surface area contributed by atoms with Gasteiger partial charge in [0, 0.05) is 80.4 Å². The Bertz CT molecular complexity index is 1450. The van der Waals surface area contributed by atoms with E-state index in [1.54, 1.807) is 37.1 Å². The van der Waals surface area contributed by atoms with E-state index >= 15 is 0 Å². The van der Waals surface area contributed by atoms with Gasteiger partial charge in [0.1, 0.15) is 12.0 Å². The quantitative estimate of drug-likeness (QED) is 0.166. The minimum atomic E-state index is -0.576. The van der Waals surface area contributed by atoms with E-state index in [9.17, 15) is 14.7 Å². The van der Waals surface area contributed by atoms with E-state index in [0.29, 0.717) is 83.4 Å². The predicted octanol–water partition coefficient (Wildman–Crippen LogP) is 3.05. The Labute approximate surface area is 269 Å². The van der Waals surface area contributed by atoms with Crippen molar-refractivity contribution < 1.29 is 28.8 Å². The van der Waals surface area contributed by atoms with Gasteiger partial charge in [-0.05, 0) is 50.8 Å². The van der Waals surface area contributed by atoms with Crippen LogP contribution in [0.5, 0.6) is 0 Å². The molecule has 0 bridgehead atoms. The molecule has 1 saturated heterocycles. The largest absolute Gasteiger partial charge is 0.390 e. The Kier molecular flexibility index (Phi) is 14.1. The summed E-state index contributed by atoms with van der Waals surface area (Å²) in [6, 6.07) is 3.63. The third kappa shape index (κ3) is 10.1. The third-order valence-electron chi connectivity index (χ3n) is 7.70. The molecule has 0 aromatic carbocycles. The molecular weight excluding hydrogens is 592 g/mol. The molecule has 4 rings (SSSR count). The molecule has 13 heteroatoms. The second-order valence-corrected chi connectivity index (χ2v) is 11.1. The molecule has 3 aromatic rings. The number of aromatic nitrogens is 4. The molecular formula is C33H46N6O7. The minimum absolute atomic E-state index is 0.154. The first-order valence-electron chi connectivity index (χ1n) is 15.9. The van der Waals surface area contributed by atoms with Crippen molar-refractivity contribution in [1.29, 1.82) is 0 Å². The van der Waals surface area contributed by atoms with Gasteiger partial charge in [0.2, 0.25) is 0 Å². The number of hydrogen-bond donors (Lipinski definition) is 3. The highest BCUT2D eigenvalue weighted by atomic mass is 16.5. The lowest BCUT2D eigenvalue weighted by Crippen LogP contribution is -2.28. The van der Waals surface area contributed by atoms with Crippen LogP contribution in [0.4, 0.5) is 5.82 Å². The summed E-state index contributed by atoms with van der Waals surface area (Å²) in [4.78, 5) is 37.9. The van der Waals surface area contributed by atoms with Crippen molar-refractivity contribution in [2.45, 2.75) is 64.9 Å². The second kappa shape index (κ2) is 18.4. The number of nitrogens with zero attached hydrogens (tertiary/aromatic N) is 4. The maximum atomic E-state index is 12.8. The fourth-order valence-electron chi connectivity index (χ4n) is 5.15. The average molecular weight is 639 g/mol. The molecule has 1 aliphatic rings. The summed E-state index contributed by atoms with van der Waals surface area (Å²) in [6.45, 7) is 9.83. The molecule has 3 unspecified atom stereocenters. The molecule has 1 fully saturated rings. The van der Waals surface area contributed by atoms with Gasteiger partial charge in [0.05, 0.1) is 44.2 Å². The van der Waals surface area contributed by atoms with Crippen LogP contribution >= 0.6 is 0 Å². The summed E-state index contributed by atoms with van der Waals surface area (Å²) >= 11 is 0. The summed E-state index contributed by atoms with van der Waals surface area (Å²) in [7, 11) is 0. The Balaban J connectivity index is 0.991. The average Bonchev–Trinajstić information content (AvgIpc) is 3.44. The first-order chi connectivity index (χ1) is 22.4. The van der Waals surface area contributed by atoms with E-state index in [0.717, 1.165) is 28.7 Å². The highest BCUT2D eigenvalue weighted by Crippen LogP contribution is 2.29. The van der Waals surface area contributed by atoms with Crippen molar-refractivity contribution in [2.75, 3.05) is 58.0 Å². The number of nitrogens with one attached hydrogen (secondary N) is 2. The molecule has 0 aliphatic carbocycles. The molecule has 0 radical (unpaired) electrons. The zero-order chi connectivity index (χ0) is 32.7. The molecule has 0 saturated carbocycles. The number of pyridine rings is 2. The van der Waals surface area contributed by atoms with Crippen LogP contribution in [0.3, 0.4) is 0 Å². The third-order valence-corrected chi connectivity index (χ3v) is 7.70. The smallest absolute Gasteiger partial charge is 0.351 e. The predicted molar refractivity (Wildman–Crippen MR) is 173 cm³/mol. The molecule has 13 nitrogen and oxygen atoms in total. The number of aryl methyl sites for hydroxylation is 2. The van der Waals surface area contributed by atoms with Crippen LogP contribution < -0.4 is 16.3 Å². The maximum Gasteiger partial charge on any atom is 0.351 e. The van der Waals surface area contributed by atoms with E-state index < -0.39 is 18.0 Å². The fourth-order valence-corrected chi connectivity index (χ4v) is 5.15. The van der Waals surface area contributed by atoms with Crippen LogP contribution in [-0.2, 0) is 18.9 Å². The van der Waals surface area contributed by atoms with Crippen LogP contribution in [-0.4, -0.2) is 95.5 Å². The monoisotopic (exact) mass is 638 g/mol. The summed E-state index contributed by atoms with van der Waals surface area (Å²) in [5.74, 6) is 0.384.